The summed E-state index contributed by atoms with van der Waals surface area (Å²) < 4.78 is 35.1. The van der Waals surface area contributed by atoms with Gasteiger partial charge < -0.3 is 23.7 Å². The molecular weight excluding hydrogens is 825 g/mol. The Balaban J connectivity index is 1.05. The van der Waals surface area contributed by atoms with Crippen LogP contribution in [0, 0.1) is 6.92 Å². The second-order valence-electron chi connectivity index (χ2n) is 17.1. The first-order chi connectivity index (χ1) is 33.1. The Morgan fingerprint density at radius 1 is 0.224 bits per heavy atom. The van der Waals surface area contributed by atoms with E-state index >= 15 is 0 Å². The van der Waals surface area contributed by atoms with Crippen LogP contribution in [0.2, 0.25) is 0 Å². The smallest absolute Gasteiger partial charge is 0.211 e. The van der Waals surface area contributed by atoms with Gasteiger partial charge in [-0.05, 0) is 119 Å². The van der Waals surface area contributed by atoms with Gasteiger partial charge in [-0.2, -0.15) is 0 Å². The molecule has 0 N–H and O–H groups in total. The van der Waals surface area contributed by atoms with Crippen LogP contribution in [0.3, 0.4) is 0 Å². The number of hydrogen-bond acceptors (Lipinski definition) is 5. The largest absolute Gasteiger partial charge is 0.484 e. The Morgan fingerprint density at radius 3 is 0.657 bits per heavy atom. The lowest BCUT2D eigenvalue weighted by atomic mass is 10.1. The summed E-state index contributed by atoms with van der Waals surface area (Å²) in [6.07, 6.45) is 0. The maximum Gasteiger partial charge on any atom is 0.211 e. The first kappa shape index (κ1) is 41.4. The topological polar surface area (TPSA) is 46.2 Å². The van der Waals surface area contributed by atoms with Gasteiger partial charge in [-0.25, -0.2) is 0 Å². The van der Waals surface area contributed by atoms with Crippen LogP contribution in [-0.4, -0.2) is 0 Å². The van der Waals surface area contributed by atoms with E-state index < -0.39 is 0 Å². The van der Waals surface area contributed by atoms with Crippen LogP contribution < -0.4 is 23.7 Å². The molecule has 0 fully saturated rings. The molecule has 0 aliphatic carbocycles. The standard InChI is InChI=1S/C62H48O5/c1-42-58(63-37-43-22-27-48-12-2-7-17-53(48)32-43)60(65-39-45-24-29-50-14-4-9-19-55(50)34-45)62(67-41-47-26-31-52-16-6-11-21-57(52)36-47)61(66-40-46-25-30-51-15-5-10-20-56(51)35-46)59(42)64-38-44-23-28-49-13-3-8-18-54(49)33-44/h2-36H,37-41H2,1H3. The Kier molecular flexibility index (Phi) is 11.5. The minimum Gasteiger partial charge on any atom is -0.484 e. The molecule has 11 rings (SSSR count). The van der Waals surface area contributed by atoms with Crippen LogP contribution in [0.4, 0.5) is 0 Å². The van der Waals surface area contributed by atoms with Crippen LogP contribution in [0.5, 0.6) is 28.7 Å². The van der Waals surface area contributed by atoms with E-state index in [2.05, 4.69) is 212 Å². The zero-order valence-electron chi connectivity index (χ0n) is 37.3. The first-order valence-electron chi connectivity index (χ1n) is 22.8. The lowest BCUT2D eigenvalue weighted by Gasteiger charge is -2.25. The van der Waals surface area contributed by atoms with Crippen LogP contribution in [-0.2, 0) is 33.0 Å². The van der Waals surface area contributed by atoms with E-state index in [-0.39, 0.29) is 33.0 Å². The molecule has 0 bridgehead atoms. The predicted octanol–water partition coefficient (Wildman–Crippen LogP) is 15.7. The maximum atomic E-state index is 7.07. The Morgan fingerprint density at radius 2 is 0.418 bits per heavy atom. The highest BCUT2D eigenvalue weighted by Crippen LogP contribution is 2.55. The summed E-state index contributed by atoms with van der Waals surface area (Å²) >= 11 is 0. The summed E-state index contributed by atoms with van der Waals surface area (Å²) in [5, 5.41) is 11.5. The van der Waals surface area contributed by atoms with Crippen molar-refractivity contribution in [3.8, 4) is 28.7 Å². The minimum absolute atomic E-state index is 0.237. The molecule has 326 valence electrons. The monoisotopic (exact) mass is 872 g/mol. The van der Waals surface area contributed by atoms with E-state index in [9.17, 15) is 0 Å². The van der Waals surface area contributed by atoms with Crippen molar-refractivity contribution in [3.05, 3.63) is 246 Å². The van der Waals surface area contributed by atoms with Crippen LogP contribution in [0.1, 0.15) is 33.4 Å². The van der Waals surface area contributed by atoms with Crippen molar-refractivity contribution in [2.45, 2.75) is 40.0 Å². The third-order valence-electron chi connectivity index (χ3n) is 12.5. The van der Waals surface area contributed by atoms with E-state index in [0.717, 1.165) is 65.7 Å². The SMILES string of the molecule is Cc1c(OCc2ccc3ccccc3c2)c(OCc2ccc3ccccc3c2)c(OCc2ccc3ccccc3c2)c(OCc2ccc3ccccc3c2)c1OCc1ccc2ccccc2c1. The molecule has 11 aromatic carbocycles. The summed E-state index contributed by atoms with van der Waals surface area (Å²) in [6, 6.07) is 73.9. The zero-order chi connectivity index (χ0) is 44.9. The van der Waals surface area contributed by atoms with Gasteiger partial charge in [0.05, 0.1) is 0 Å². The van der Waals surface area contributed by atoms with Crippen molar-refractivity contribution in [1.82, 2.24) is 0 Å². The third-order valence-corrected chi connectivity index (χ3v) is 12.5. The third kappa shape index (κ3) is 9.05. The number of fused-ring (bicyclic) bond motifs is 5. The molecule has 0 saturated carbocycles. The van der Waals surface area contributed by atoms with E-state index in [4.69, 9.17) is 23.7 Å². The van der Waals surface area contributed by atoms with Crippen molar-refractivity contribution in [1.29, 1.82) is 0 Å². The van der Waals surface area contributed by atoms with Crippen molar-refractivity contribution in [2.24, 2.45) is 0 Å². The quantitative estimate of drug-likeness (QED) is 0.103. The fourth-order valence-corrected chi connectivity index (χ4v) is 8.91. The maximum absolute atomic E-state index is 7.07. The number of rotatable bonds is 15. The highest BCUT2D eigenvalue weighted by Gasteiger charge is 2.30. The molecule has 0 spiro atoms. The Bertz CT molecular complexity index is 3380. The summed E-state index contributed by atoms with van der Waals surface area (Å²) in [6.45, 7) is 3.33. The van der Waals surface area contributed by atoms with Crippen molar-refractivity contribution >= 4 is 53.9 Å². The molecule has 0 aliphatic heterocycles. The molecule has 0 atom stereocenters. The molecule has 5 nitrogen and oxygen atoms in total. The van der Waals surface area contributed by atoms with E-state index in [1.807, 2.05) is 6.92 Å². The fraction of sp³-hybridized carbons (Fsp3) is 0.0968. The van der Waals surface area contributed by atoms with Gasteiger partial charge in [0.25, 0.3) is 0 Å². The van der Waals surface area contributed by atoms with E-state index in [1.54, 1.807) is 0 Å². The molecule has 5 heteroatoms. The molecule has 67 heavy (non-hydrogen) atoms. The summed E-state index contributed by atoms with van der Waals surface area (Å²) in [4.78, 5) is 0. The predicted molar refractivity (Wildman–Crippen MR) is 273 cm³/mol. The van der Waals surface area contributed by atoms with Gasteiger partial charge in [0.15, 0.2) is 11.5 Å². The number of benzene rings is 11. The van der Waals surface area contributed by atoms with E-state index in [1.165, 1.54) is 21.5 Å². The molecule has 0 aromatic heterocycles. The molecule has 0 aliphatic rings. The lowest BCUT2D eigenvalue weighted by Crippen LogP contribution is -2.10. The van der Waals surface area contributed by atoms with Crippen LogP contribution >= 0.6 is 0 Å². The van der Waals surface area contributed by atoms with Gasteiger partial charge in [-0.3, -0.25) is 0 Å². The fourth-order valence-electron chi connectivity index (χ4n) is 8.91. The summed E-state index contributed by atoms with van der Waals surface area (Å²) in [7, 11) is 0. The molecule has 0 radical (unpaired) electrons. The Hall–Kier alpha value is -8.28. The molecule has 11 aromatic rings. The van der Waals surface area contributed by atoms with Gasteiger partial charge in [0.2, 0.25) is 17.2 Å². The summed E-state index contributed by atoms with van der Waals surface area (Å²) in [5.74, 6) is 2.34. The average molecular weight is 873 g/mol. The normalized spacial score (nSPS) is 11.4. The first-order valence-corrected chi connectivity index (χ1v) is 22.8. The van der Waals surface area contributed by atoms with Crippen molar-refractivity contribution < 1.29 is 23.7 Å². The second kappa shape index (κ2) is 18.7. The van der Waals surface area contributed by atoms with Crippen molar-refractivity contribution in [3.63, 3.8) is 0 Å². The van der Waals surface area contributed by atoms with Crippen LogP contribution in [0.15, 0.2) is 212 Å². The van der Waals surface area contributed by atoms with Gasteiger partial charge in [-0.1, -0.05) is 182 Å². The van der Waals surface area contributed by atoms with Gasteiger partial charge in [0, 0.05) is 5.56 Å². The molecule has 0 heterocycles. The van der Waals surface area contributed by atoms with Crippen molar-refractivity contribution in [2.75, 3.05) is 0 Å². The molecule has 0 saturated heterocycles. The average Bonchev–Trinajstić information content (AvgIpc) is 3.38. The number of ether oxygens (including phenoxy) is 5. The summed E-state index contributed by atoms with van der Waals surface area (Å²) in [5.41, 5.74) is 5.79. The highest BCUT2D eigenvalue weighted by atomic mass is 16.6. The zero-order valence-corrected chi connectivity index (χ0v) is 37.3. The van der Waals surface area contributed by atoms with Gasteiger partial charge in [-0.15, -0.1) is 0 Å². The number of hydrogen-bond donors (Lipinski definition) is 0. The van der Waals surface area contributed by atoms with E-state index in [0.29, 0.717) is 28.7 Å². The highest BCUT2D eigenvalue weighted by molar-refractivity contribution is 5.86. The second-order valence-corrected chi connectivity index (χ2v) is 17.1. The Labute approximate surface area is 390 Å². The van der Waals surface area contributed by atoms with Crippen LogP contribution in [0.25, 0.3) is 53.9 Å². The molecular formula is C62H48O5. The molecule has 0 amide bonds. The molecule has 0 unspecified atom stereocenters. The van der Waals surface area contributed by atoms with Gasteiger partial charge >= 0.3 is 0 Å². The lowest BCUT2D eigenvalue weighted by molar-refractivity contribution is 0.200. The van der Waals surface area contributed by atoms with Gasteiger partial charge in [0.1, 0.15) is 33.0 Å². The minimum atomic E-state index is 0.237.